The van der Waals surface area contributed by atoms with Crippen LogP contribution in [0, 0.1) is 0 Å². The van der Waals surface area contributed by atoms with Gasteiger partial charge in [-0.15, -0.1) is 0 Å². The minimum absolute atomic E-state index is 0.173. The highest BCUT2D eigenvalue weighted by Crippen LogP contribution is 2.40. The fourth-order valence-corrected chi connectivity index (χ4v) is 2.77. The van der Waals surface area contributed by atoms with E-state index in [1.54, 1.807) is 24.3 Å². The molecule has 23 heavy (non-hydrogen) atoms. The van der Waals surface area contributed by atoms with E-state index in [9.17, 15) is 18.0 Å². The molecule has 1 fully saturated rings. The van der Waals surface area contributed by atoms with Crippen molar-refractivity contribution in [3.05, 3.63) is 64.7 Å². The Labute approximate surface area is 135 Å². The molecule has 3 nitrogen and oxygen atoms in total. The molecule has 2 atom stereocenters. The minimum atomic E-state index is -4.47. The predicted octanol–water partition coefficient (Wildman–Crippen LogP) is 3.77. The summed E-state index contributed by atoms with van der Waals surface area (Å²) in [6.07, 6.45) is -4.47. The molecule has 0 aromatic heterocycles. The highest BCUT2D eigenvalue weighted by Gasteiger charge is 2.47. The minimum Gasteiger partial charge on any atom is -0.318 e. The van der Waals surface area contributed by atoms with E-state index >= 15 is 0 Å². The van der Waals surface area contributed by atoms with Gasteiger partial charge in [0.05, 0.1) is 11.6 Å². The Bertz CT molecular complexity index is 746. The van der Waals surface area contributed by atoms with Gasteiger partial charge in [-0.3, -0.25) is 4.79 Å². The monoisotopic (exact) mass is 340 g/mol. The SMILES string of the molecule is N[C@H]1C(=O)N(c2cccc(C(F)(F)F)c2)[C@H]1c1ccc(Cl)cc1. The zero-order chi connectivity index (χ0) is 16.8. The van der Waals surface area contributed by atoms with Crippen molar-refractivity contribution in [2.24, 2.45) is 5.73 Å². The Kier molecular flexibility index (Phi) is 3.82. The molecule has 2 N–H and O–H groups in total. The third-order valence-corrected chi connectivity index (χ3v) is 4.06. The molecular weight excluding hydrogens is 329 g/mol. The van der Waals surface area contributed by atoms with Crippen molar-refractivity contribution in [2.75, 3.05) is 4.90 Å². The maximum atomic E-state index is 12.8. The number of benzene rings is 2. The molecule has 0 saturated carbocycles. The van der Waals surface area contributed by atoms with Crippen LogP contribution >= 0.6 is 11.6 Å². The van der Waals surface area contributed by atoms with Crippen LogP contribution in [-0.4, -0.2) is 11.9 Å². The van der Waals surface area contributed by atoms with Gasteiger partial charge in [0, 0.05) is 10.7 Å². The van der Waals surface area contributed by atoms with Crippen LogP contribution in [0.4, 0.5) is 18.9 Å². The lowest BCUT2D eigenvalue weighted by Gasteiger charge is -2.45. The second-order valence-corrected chi connectivity index (χ2v) is 5.71. The van der Waals surface area contributed by atoms with Crippen molar-refractivity contribution in [2.45, 2.75) is 18.3 Å². The molecular formula is C16H12ClF3N2O. The van der Waals surface area contributed by atoms with Crippen LogP contribution in [0.15, 0.2) is 48.5 Å². The predicted molar refractivity (Wildman–Crippen MR) is 81.1 cm³/mol. The number of nitrogens with zero attached hydrogens (tertiary/aromatic N) is 1. The number of amides is 1. The molecule has 3 rings (SSSR count). The second kappa shape index (κ2) is 5.54. The van der Waals surface area contributed by atoms with Crippen LogP contribution in [0.3, 0.4) is 0 Å². The molecule has 1 aliphatic heterocycles. The van der Waals surface area contributed by atoms with Crippen LogP contribution in [0.1, 0.15) is 17.2 Å². The highest BCUT2D eigenvalue weighted by molar-refractivity contribution is 6.30. The lowest BCUT2D eigenvalue weighted by atomic mass is 9.88. The molecule has 2 aromatic carbocycles. The first-order valence-corrected chi connectivity index (χ1v) is 7.18. The largest absolute Gasteiger partial charge is 0.416 e. The van der Waals surface area contributed by atoms with Crippen LogP contribution in [0.25, 0.3) is 0 Å². The molecule has 1 amide bonds. The summed E-state index contributed by atoms with van der Waals surface area (Å²) in [5, 5.41) is 0.526. The number of hydrogen-bond acceptors (Lipinski definition) is 2. The van der Waals surface area contributed by atoms with Gasteiger partial charge < -0.3 is 10.6 Å². The number of rotatable bonds is 2. The third-order valence-electron chi connectivity index (χ3n) is 3.80. The average molecular weight is 341 g/mol. The zero-order valence-electron chi connectivity index (χ0n) is 11.7. The lowest BCUT2D eigenvalue weighted by Crippen LogP contribution is -2.63. The highest BCUT2D eigenvalue weighted by atomic mass is 35.5. The quantitative estimate of drug-likeness (QED) is 0.846. The van der Waals surface area contributed by atoms with E-state index < -0.39 is 29.7 Å². The van der Waals surface area contributed by atoms with Gasteiger partial charge in [-0.05, 0) is 35.9 Å². The Morgan fingerprint density at radius 3 is 2.35 bits per heavy atom. The van der Waals surface area contributed by atoms with Gasteiger partial charge in [-0.2, -0.15) is 13.2 Å². The van der Waals surface area contributed by atoms with Gasteiger partial charge in [0.25, 0.3) is 0 Å². The van der Waals surface area contributed by atoms with Gasteiger partial charge in [0.15, 0.2) is 0 Å². The summed E-state index contributed by atoms with van der Waals surface area (Å²) >= 11 is 5.83. The van der Waals surface area contributed by atoms with Crippen molar-refractivity contribution in [1.82, 2.24) is 0 Å². The Balaban J connectivity index is 1.98. The zero-order valence-corrected chi connectivity index (χ0v) is 12.5. The van der Waals surface area contributed by atoms with Crippen LogP contribution in [-0.2, 0) is 11.0 Å². The van der Waals surface area contributed by atoms with Crippen molar-refractivity contribution in [3.8, 4) is 0 Å². The third kappa shape index (κ3) is 2.80. The standard InChI is InChI=1S/C16H12ClF3N2O/c17-11-6-4-9(5-7-11)14-13(21)15(23)22(14)12-3-1-2-10(8-12)16(18,19)20/h1-8,13-14H,21H2/t13-,14+/m1/s1. The number of anilines is 1. The first-order valence-electron chi connectivity index (χ1n) is 6.80. The number of nitrogens with two attached hydrogens (primary N) is 1. The molecule has 0 aliphatic carbocycles. The number of alkyl halides is 3. The molecule has 1 saturated heterocycles. The van der Waals surface area contributed by atoms with Gasteiger partial charge in [0.2, 0.25) is 5.91 Å². The Hall–Kier alpha value is -2.05. The van der Waals surface area contributed by atoms with Crippen LogP contribution in [0.2, 0.25) is 5.02 Å². The summed E-state index contributed by atoms with van der Waals surface area (Å²) in [7, 11) is 0. The van der Waals surface area contributed by atoms with Gasteiger partial charge in [-0.1, -0.05) is 29.8 Å². The average Bonchev–Trinajstić information content (AvgIpc) is 2.52. The van der Waals surface area contributed by atoms with E-state index in [1.165, 1.54) is 17.0 Å². The van der Waals surface area contributed by atoms with E-state index in [0.29, 0.717) is 5.02 Å². The lowest BCUT2D eigenvalue weighted by molar-refractivity contribution is -0.137. The van der Waals surface area contributed by atoms with Crippen molar-refractivity contribution < 1.29 is 18.0 Å². The molecule has 0 bridgehead atoms. The summed E-state index contributed by atoms with van der Waals surface area (Å²) in [5.41, 5.74) is 5.93. The van der Waals surface area contributed by atoms with Crippen LogP contribution in [0.5, 0.6) is 0 Å². The van der Waals surface area contributed by atoms with Crippen molar-refractivity contribution >= 4 is 23.2 Å². The van der Waals surface area contributed by atoms with E-state index in [-0.39, 0.29) is 5.69 Å². The van der Waals surface area contributed by atoms with Gasteiger partial charge in [0.1, 0.15) is 6.04 Å². The summed E-state index contributed by atoms with van der Waals surface area (Å²) in [5.74, 6) is -0.413. The maximum absolute atomic E-state index is 12.8. The van der Waals surface area contributed by atoms with E-state index in [2.05, 4.69) is 0 Å². The molecule has 0 radical (unpaired) electrons. The number of β-lactam (4-membered cyclic amide) rings is 1. The normalized spacial score (nSPS) is 21.3. The van der Waals surface area contributed by atoms with Gasteiger partial charge >= 0.3 is 6.18 Å². The Morgan fingerprint density at radius 2 is 1.74 bits per heavy atom. The number of carbonyl (C=O) groups excluding carboxylic acids is 1. The molecule has 7 heteroatoms. The topological polar surface area (TPSA) is 46.3 Å². The van der Waals surface area contributed by atoms with Crippen molar-refractivity contribution in [1.29, 1.82) is 0 Å². The molecule has 0 unspecified atom stereocenters. The molecule has 0 spiro atoms. The second-order valence-electron chi connectivity index (χ2n) is 5.28. The first kappa shape index (κ1) is 15.8. The maximum Gasteiger partial charge on any atom is 0.416 e. The van der Waals surface area contributed by atoms with E-state index in [0.717, 1.165) is 17.7 Å². The first-order chi connectivity index (χ1) is 10.8. The van der Waals surface area contributed by atoms with Gasteiger partial charge in [-0.25, -0.2) is 0 Å². The molecule has 120 valence electrons. The summed E-state index contributed by atoms with van der Waals surface area (Å²) < 4.78 is 38.5. The molecule has 1 aliphatic rings. The van der Waals surface area contributed by atoms with E-state index in [4.69, 9.17) is 17.3 Å². The molecule has 2 aromatic rings. The fourth-order valence-electron chi connectivity index (χ4n) is 2.65. The smallest absolute Gasteiger partial charge is 0.318 e. The fraction of sp³-hybridized carbons (Fsp3) is 0.188. The van der Waals surface area contributed by atoms with E-state index in [1.807, 2.05) is 0 Å². The summed E-state index contributed by atoms with van der Waals surface area (Å²) in [4.78, 5) is 13.3. The number of carbonyl (C=O) groups is 1. The Morgan fingerprint density at radius 1 is 1.09 bits per heavy atom. The van der Waals surface area contributed by atoms with Crippen molar-refractivity contribution in [3.63, 3.8) is 0 Å². The number of halogens is 4. The van der Waals surface area contributed by atoms with Crippen LogP contribution < -0.4 is 10.6 Å². The summed E-state index contributed by atoms with van der Waals surface area (Å²) in [6.45, 7) is 0. The summed E-state index contributed by atoms with van der Waals surface area (Å²) in [6, 6.07) is 10.1. The molecule has 1 heterocycles. The number of hydrogen-bond donors (Lipinski definition) is 1.